The predicted octanol–water partition coefficient (Wildman–Crippen LogP) is 0.549. The summed E-state index contributed by atoms with van der Waals surface area (Å²) in [7, 11) is 0. The lowest BCUT2D eigenvalue weighted by molar-refractivity contribution is -0.150. The van der Waals surface area contributed by atoms with E-state index in [1.807, 2.05) is 5.06 Å². The van der Waals surface area contributed by atoms with Crippen LogP contribution in [-0.2, 0) is 9.57 Å². The van der Waals surface area contributed by atoms with E-state index in [0.29, 0.717) is 0 Å². The summed E-state index contributed by atoms with van der Waals surface area (Å²) in [5.74, 6) is 0. The van der Waals surface area contributed by atoms with Crippen molar-refractivity contribution in [2.24, 2.45) is 0 Å². The van der Waals surface area contributed by atoms with Crippen molar-refractivity contribution in [2.75, 3.05) is 26.3 Å². The summed E-state index contributed by atoms with van der Waals surface area (Å²) < 4.78 is 5.11. The first-order valence-electron chi connectivity index (χ1n) is 3.27. The van der Waals surface area contributed by atoms with Crippen LogP contribution in [0.2, 0.25) is 0 Å². The van der Waals surface area contributed by atoms with Crippen molar-refractivity contribution in [3.63, 3.8) is 0 Å². The van der Waals surface area contributed by atoms with E-state index in [-0.39, 0.29) is 0 Å². The molecule has 56 valence electrons. The lowest BCUT2D eigenvalue weighted by Gasteiger charge is -2.23. The molecule has 0 aromatic carbocycles. The molecule has 1 aliphatic rings. The molecular weight excluding hydrogens is 130 g/mol. The Kier molecular flexibility index (Phi) is 3.03. The quantitative estimate of drug-likeness (QED) is 0.414. The molecule has 10 heavy (non-hydrogen) atoms. The average Bonchev–Trinajstić information content (AvgIpc) is 2.03. The average molecular weight is 141 g/mol. The van der Waals surface area contributed by atoms with Gasteiger partial charge in [0, 0.05) is 0 Å². The molecule has 0 N–H and O–H groups in total. The van der Waals surface area contributed by atoms with Crippen molar-refractivity contribution < 1.29 is 9.57 Å². The van der Waals surface area contributed by atoms with Gasteiger partial charge in [0.1, 0.15) is 0 Å². The Balaban J connectivity index is 2.19. The Hall–Kier alpha value is -0.760. The van der Waals surface area contributed by atoms with Gasteiger partial charge in [-0.25, -0.2) is 0 Å². The van der Waals surface area contributed by atoms with E-state index in [1.165, 1.54) is 6.26 Å². The molecule has 1 fully saturated rings. The molecule has 0 aliphatic carbocycles. The summed E-state index contributed by atoms with van der Waals surface area (Å²) in [5, 5.41) is 1.82. The molecule has 0 saturated carbocycles. The van der Waals surface area contributed by atoms with Crippen molar-refractivity contribution in [1.29, 1.82) is 0 Å². The zero-order valence-corrected chi connectivity index (χ0v) is 5.88. The lowest BCUT2D eigenvalue weighted by atomic mass is 10.5. The van der Waals surface area contributed by atoms with Crippen molar-refractivity contribution in [2.45, 2.75) is 0 Å². The maximum Gasteiger partial charge on any atom is 0.153 e. The van der Waals surface area contributed by atoms with E-state index in [1.54, 1.807) is 0 Å². The van der Waals surface area contributed by atoms with E-state index in [9.17, 15) is 0 Å². The molecule has 1 saturated heterocycles. The summed E-state index contributed by atoms with van der Waals surface area (Å²) in [6, 6.07) is 0. The zero-order valence-electron chi connectivity index (χ0n) is 5.88. The first-order valence-corrected chi connectivity index (χ1v) is 3.27. The number of ether oxygens (including phenoxy) is 1. The van der Waals surface area contributed by atoms with Gasteiger partial charge in [-0.15, -0.1) is 5.06 Å². The van der Waals surface area contributed by atoms with Crippen LogP contribution >= 0.6 is 0 Å². The highest BCUT2D eigenvalue weighted by Gasteiger charge is 2.08. The SMILES string of the molecule is C=C=CON1CCOCC1. The van der Waals surface area contributed by atoms with E-state index in [4.69, 9.17) is 9.57 Å². The highest BCUT2D eigenvalue weighted by Crippen LogP contribution is 1.96. The molecule has 0 bridgehead atoms. The van der Waals surface area contributed by atoms with Crippen molar-refractivity contribution in [3.8, 4) is 0 Å². The van der Waals surface area contributed by atoms with Crippen LogP contribution in [0.5, 0.6) is 0 Å². The number of nitrogens with zero attached hydrogens (tertiary/aromatic N) is 1. The minimum atomic E-state index is 0.741. The third kappa shape index (κ3) is 2.23. The molecule has 0 aromatic rings. The summed E-state index contributed by atoms with van der Waals surface area (Å²) in [5.41, 5.74) is 2.54. The third-order valence-corrected chi connectivity index (χ3v) is 1.26. The van der Waals surface area contributed by atoms with Gasteiger partial charge in [0.25, 0.3) is 0 Å². The molecule has 0 aromatic heterocycles. The Morgan fingerprint density at radius 2 is 2.20 bits per heavy atom. The Morgan fingerprint density at radius 1 is 1.50 bits per heavy atom. The first-order chi connectivity index (χ1) is 4.93. The predicted molar refractivity (Wildman–Crippen MR) is 37.2 cm³/mol. The molecule has 1 heterocycles. The number of morpholine rings is 1. The van der Waals surface area contributed by atoms with Crippen LogP contribution in [0, 0.1) is 0 Å². The molecule has 1 rings (SSSR count). The fraction of sp³-hybridized carbons (Fsp3) is 0.571. The molecule has 0 amide bonds. The van der Waals surface area contributed by atoms with Crippen molar-refractivity contribution in [3.05, 3.63) is 18.6 Å². The Bertz CT molecular complexity index is 135. The van der Waals surface area contributed by atoms with Gasteiger partial charge in [-0.3, -0.25) is 0 Å². The normalized spacial score (nSPS) is 19.6. The maximum absolute atomic E-state index is 5.11. The van der Waals surface area contributed by atoms with Gasteiger partial charge < -0.3 is 9.57 Å². The van der Waals surface area contributed by atoms with E-state index < -0.39 is 0 Å². The number of hydroxylamine groups is 2. The van der Waals surface area contributed by atoms with Gasteiger partial charge in [-0.05, 0) is 0 Å². The molecule has 3 heteroatoms. The van der Waals surface area contributed by atoms with E-state index in [2.05, 4.69) is 12.3 Å². The summed E-state index contributed by atoms with van der Waals surface area (Å²) in [4.78, 5) is 5.09. The van der Waals surface area contributed by atoms with Crippen LogP contribution in [-0.4, -0.2) is 31.4 Å². The second-order valence-electron chi connectivity index (χ2n) is 1.97. The highest BCUT2D eigenvalue weighted by atomic mass is 16.7. The van der Waals surface area contributed by atoms with Gasteiger partial charge in [0.05, 0.1) is 26.3 Å². The Labute approximate surface area is 60.5 Å². The van der Waals surface area contributed by atoms with Crippen LogP contribution in [0.3, 0.4) is 0 Å². The second-order valence-corrected chi connectivity index (χ2v) is 1.97. The molecular formula is C7H11NO2. The minimum Gasteiger partial charge on any atom is -0.405 e. The van der Waals surface area contributed by atoms with Crippen LogP contribution in [0.25, 0.3) is 0 Å². The summed E-state index contributed by atoms with van der Waals surface area (Å²) in [6.45, 7) is 6.50. The molecule has 3 nitrogen and oxygen atoms in total. The minimum absolute atomic E-state index is 0.741. The van der Waals surface area contributed by atoms with Crippen molar-refractivity contribution >= 4 is 0 Å². The number of rotatable bonds is 2. The fourth-order valence-electron chi connectivity index (χ4n) is 0.764. The fourth-order valence-corrected chi connectivity index (χ4v) is 0.764. The summed E-state index contributed by atoms with van der Waals surface area (Å²) >= 11 is 0. The molecule has 0 unspecified atom stereocenters. The second kappa shape index (κ2) is 4.12. The van der Waals surface area contributed by atoms with Gasteiger partial charge in [-0.2, -0.15) is 0 Å². The smallest absolute Gasteiger partial charge is 0.153 e. The van der Waals surface area contributed by atoms with Crippen LogP contribution < -0.4 is 0 Å². The van der Waals surface area contributed by atoms with Crippen molar-refractivity contribution in [1.82, 2.24) is 5.06 Å². The monoisotopic (exact) mass is 141 g/mol. The Morgan fingerprint density at radius 3 is 2.80 bits per heavy atom. The van der Waals surface area contributed by atoms with E-state index >= 15 is 0 Å². The van der Waals surface area contributed by atoms with E-state index in [0.717, 1.165) is 26.3 Å². The van der Waals surface area contributed by atoms with Crippen LogP contribution in [0.1, 0.15) is 0 Å². The van der Waals surface area contributed by atoms with Crippen LogP contribution in [0.4, 0.5) is 0 Å². The van der Waals surface area contributed by atoms with Crippen LogP contribution in [0.15, 0.2) is 18.6 Å². The van der Waals surface area contributed by atoms with Gasteiger partial charge in [0.15, 0.2) is 6.26 Å². The first kappa shape index (κ1) is 7.35. The third-order valence-electron chi connectivity index (χ3n) is 1.26. The topological polar surface area (TPSA) is 21.7 Å². The standard InChI is InChI=1S/C7H11NO2/c1-2-5-10-8-3-6-9-7-4-8/h5H,1,3-4,6-7H2. The largest absolute Gasteiger partial charge is 0.405 e. The molecule has 0 atom stereocenters. The van der Waals surface area contributed by atoms with Gasteiger partial charge in [0.2, 0.25) is 0 Å². The highest BCUT2D eigenvalue weighted by molar-refractivity contribution is 4.64. The molecule has 0 spiro atoms. The molecule has 0 radical (unpaired) electrons. The lowest BCUT2D eigenvalue weighted by Crippen LogP contribution is -2.34. The zero-order chi connectivity index (χ0) is 7.23. The van der Waals surface area contributed by atoms with Gasteiger partial charge in [-0.1, -0.05) is 12.3 Å². The number of hydrogen-bond acceptors (Lipinski definition) is 3. The number of hydrogen-bond donors (Lipinski definition) is 0. The molecule has 1 aliphatic heterocycles. The maximum atomic E-state index is 5.11. The summed E-state index contributed by atoms with van der Waals surface area (Å²) in [6.07, 6.45) is 1.45. The van der Waals surface area contributed by atoms with Gasteiger partial charge >= 0.3 is 0 Å².